The zero-order valence-electron chi connectivity index (χ0n) is 19.0. The van der Waals surface area contributed by atoms with E-state index >= 15 is 0 Å². The maximum atomic E-state index is 13.3. The number of hydrogen-bond donors (Lipinski definition) is 1. The van der Waals surface area contributed by atoms with Gasteiger partial charge in [0, 0.05) is 39.1 Å². The number of fused-ring (bicyclic) bond motifs is 1. The molecule has 0 aliphatic rings. The molecule has 0 atom stereocenters. The van der Waals surface area contributed by atoms with E-state index in [0.29, 0.717) is 21.3 Å². The van der Waals surface area contributed by atoms with E-state index in [2.05, 4.69) is 20.4 Å². The van der Waals surface area contributed by atoms with Gasteiger partial charge < -0.3 is 5.32 Å². The second-order valence-corrected chi connectivity index (χ2v) is 9.44. The third-order valence-corrected chi connectivity index (χ3v) is 6.37. The number of nitrogens with one attached hydrogen (secondary N) is 1. The molecule has 35 heavy (non-hydrogen) atoms. The Balaban J connectivity index is 1.64. The number of aromatic nitrogens is 4. The Bertz CT molecular complexity index is 1530. The fourth-order valence-electron chi connectivity index (χ4n) is 4.00. The van der Waals surface area contributed by atoms with Gasteiger partial charge in [-0.05, 0) is 44.2 Å². The number of pyridine rings is 1. The molecule has 8 heteroatoms. The number of halogens is 2. The summed E-state index contributed by atoms with van der Waals surface area (Å²) in [7, 11) is 0. The minimum absolute atomic E-state index is 0.296. The Hall–Kier alpha value is -3.74. The van der Waals surface area contributed by atoms with Gasteiger partial charge in [0.05, 0.1) is 23.1 Å². The third-order valence-electron chi connectivity index (χ3n) is 5.78. The average Bonchev–Trinajstić information content (AvgIpc) is 3.29. The van der Waals surface area contributed by atoms with Crippen LogP contribution in [0.5, 0.6) is 0 Å². The summed E-state index contributed by atoms with van der Waals surface area (Å²) in [6.07, 6.45) is 4.96. The van der Waals surface area contributed by atoms with Gasteiger partial charge in [0.15, 0.2) is 5.65 Å². The molecule has 0 fully saturated rings. The molecule has 0 aliphatic carbocycles. The fourth-order valence-corrected chi connectivity index (χ4v) is 4.36. The molecule has 0 bridgehead atoms. The molecule has 6 nitrogen and oxygen atoms in total. The maximum Gasteiger partial charge on any atom is 0.257 e. The van der Waals surface area contributed by atoms with Crippen molar-refractivity contribution in [3.05, 3.63) is 107 Å². The van der Waals surface area contributed by atoms with Crippen LogP contribution in [0.1, 0.15) is 29.9 Å². The van der Waals surface area contributed by atoms with Crippen molar-refractivity contribution in [2.45, 2.75) is 19.4 Å². The number of carbonyl (C=O) groups is 1. The Morgan fingerprint density at radius 3 is 2.34 bits per heavy atom. The summed E-state index contributed by atoms with van der Waals surface area (Å²) in [5.74, 6) is -0.296. The highest BCUT2D eigenvalue weighted by molar-refractivity contribution is 6.33. The SMILES string of the molecule is CC(C)(NC(=O)c1cnn2c(-c3ccc(Cl)cc3)c(-c3ccccc3Cl)cnc12)c1ccccn1. The molecular weight excluding hydrogens is 481 g/mol. The monoisotopic (exact) mass is 501 g/mol. The van der Waals surface area contributed by atoms with E-state index in [0.717, 1.165) is 28.1 Å². The number of amides is 1. The zero-order chi connectivity index (χ0) is 24.6. The summed E-state index contributed by atoms with van der Waals surface area (Å²) in [5.41, 5.74) is 4.06. The Morgan fingerprint density at radius 1 is 0.886 bits per heavy atom. The molecule has 5 rings (SSSR count). The lowest BCUT2D eigenvalue weighted by molar-refractivity contribution is 0.0912. The smallest absolute Gasteiger partial charge is 0.257 e. The number of hydrogen-bond acceptors (Lipinski definition) is 4. The van der Waals surface area contributed by atoms with Gasteiger partial charge in [0.25, 0.3) is 5.91 Å². The molecule has 0 saturated heterocycles. The van der Waals surface area contributed by atoms with Crippen LogP contribution in [0, 0.1) is 0 Å². The molecule has 0 saturated carbocycles. The van der Waals surface area contributed by atoms with E-state index in [1.807, 2.05) is 80.6 Å². The molecule has 0 spiro atoms. The van der Waals surface area contributed by atoms with Crippen LogP contribution in [0.3, 0.4) is 0 Å². The van der Waals surface area contributed by atoms with Crippen LogP contribution in [-0.4, -0.2) is 25.5 Å². The van der Waals surface area contributed by atoms with Gasteiger partial charge in [0.1, 0.15) is 5.56 Å². The molecule has 3 aromatic heterocycles. The van der Waals surface area contributed by atoms with E-state index in [1.54, 1.807) is 16.9 Å². The molecular formula is C27H21Cl2N5O. The predicted molar refractivity (Wildman–Crippen MR) is 139 cm³/mol. The number of carbonyl (C=O) groups excluding carboxylic acids is 1. The standard InChI is InChI=1S/C27H21Cl2N5O/c1-27(2,23-9-5-6-14-30-23)33-26(35)21-16-32-34-24(17-10-12-18(28)13-11-17)20(15-31-25(21)34)19-7-3-4-8-22(19)29/h3-16H,1-2H3,(H,33,35). The zero-order valence-corrected chi connectivity index (χ0v) is 20.5. The lowest BCUT2D eigenvalue weighted by Crippen LogP contribution is -2.41. The first kappa shape index (κ1) is 23.0. The summed E-state index contributed by atoms with van der Waals surface area (Å²) >= 11 is 12.7. The molecule has 1 amide bonds. The predicted octanol–water partition coefficient (Wildman–Crippen LogP) is 6.43. The van der Waals surface area contributed by atoms with Crippen LogP contribution in [0.2, 0.25) is 10.0 Å². The normalized spacial score (nSPS) is 11.5. The summed E-state index contributed by atoms with van der Waals surface area (Å²) < 4.78 is 1.67. The van der Waals surface area contributed by atoms with Crippen molar-refractivity contribution >= 4 is 34.8 Å². The van der Waals surface area contributed by atoms with Crippen LogP contribution in [0.25, 0.3) is 28.0 Å². The molecule has 0 aliphatic heterocycles. The lowest BCUT2D eigenvalue weighted by Gasteiger charge is -2.25. The van der Waals surface area contributed by atoms with E-state index in [1.165, 1.54) is 6.20 Å². The van der Waals surface area contributed by atoms with Crippen molar-refractivity contribution in [3.63, 3.8) is 0 Å². The molecule has 174 valence electrons. The summed E-state index contributed by atoms with van der Waals surface area (Å²) in [5, 5.41) is 8.82. The van der Waals surface area contributed by atoms with E-state index in [9.17, 15) is 4.79 Å². The minimum Gasteiger partial charge on any atom is -0.341 e. The van der Waals surface area contributed by atoms with Crippen molar-refractivity contribution < 1.29 is 4.79 Å². The number of rotatable bonds is 5. The van der Waals surface area contributed by atoms with Crippen molar-refractivity contribution in [3.8, 4) is 22.4 Å². The maximum absolute atomic E-state index is 13.3. The van der Waals surface area contributed by atoms with Crippen molar-refractivity contribution in [1.29, 1.82) is 0 Å². The van der Waals surface area contributed by atoms with E-state index in [-0.39, 0.29) is 5.91 Å². The largest absolute Gasteiger partial charge is 0.341 e. The molecule has 1 N–H and O–H groups in total. The summed E-state index contributed by atoms with van der Waals surface area (Å²) in [6, 6.07) is 20.6. The van der Waals surface area contributed by atoms with Gasteiger partial charge in [0.2, 0.25) is 0 Å². The highest BCUT2D eigenvalue weighted by Gasteiger charge is 2.27. The van der Waals surface area contributed by atoms with E-state index in [4.69, 9.17) is 23.2 Å². The number of nitrogens with zero attached hydrogens (tertiary/aromatic N) is 4. The van der Waals surface area contributed by atoms with Gasteiger partial charge in [-0.3, -0.25) is 9.78 Å². The van der Waals surface area contributed by atoms with Gasteiger partial charge in [-0.2, -0.15) is 5.10 Å². The lowest BCUT2D eigenvalue weighted by atomic mass is 9.99. The van der Waals surface area contributed by atoms with Crippen LogP contribution in [0.4, 0.5) is 0 Å². The second-order valence-electron chi connectivity index (χ2n) is 8.59. The van der Waals surface area contributed by atoms with Crippen molar-refractivity contribution in [2.75, 3.05) is 0 Å². The second kappa shape index (κ2) is 9.13. The van der Waals surface area contributed by atoms with Crippen LogP contribution >= 0.6 is 23.2 Å². The molecule has 3 heterocycles. The Kier molecular flexibility index (Phi) is 6.01. The Labute approximate surface area is 212 Å². The van der Waals surface area contributed by atoms with Crippen molar-refractivity contribution in [2.24, 2.45) is 0 Å². The first-order valence-corrected chi connectivity index (χ1v) is 11.7. The third kappa shape index (κ3) is 4.38. The molecule has 0 unspecified atom stereocenters. The summed E-state index contributed by atoms with van der Waals surface area (Å²) in [4.78, 5) is 22.4. The topological polar surface area (TPSA) is 72.2 Å². The van der Waals surface area contributed by atoms with Crippen molar-refractivity contribution in [1.82, 2.24) is 24.9 Å². The quantitative estimate of drug-likeness (QED) is 0.301. The molecule has 2 aromatic carbocycles. The first-order chi connectivity index (χ1) is 16.8. The molecule has 0 radical (unpaired) electrons. The summed E-state index contributed by atoms with van der Waals surface area (Å²) in [6.45, 7) is 3.81. The fraction of sp³-hybridized carbons (Fsp3) is 0.111. The van der Waals surface area contributed by atoms with E-state index < -0.39 is 5.54 Å². The Morgan fingerprint density at radius 2 is 1.63 bits per heavy atom. The molecule has 5 aromatic rings. The highest BCUT2D eigenvalue weighted by Crippen LogP contribution is 2.36. The number of benzene rings is 2. The highest BCUT2D eigenvalue weighted by atomic mass is 35.5. The van der Waals surface area contributed by atoms with Crippen LogP contribution in [-0.2, 0) is 5.54 Å². The van der Waals surface area contributed by atoms with Crippen LogP contribution in [0.15, 0.2) is 85.3 Å². The van der Waals surface area contributed by atoms with Gasteiger partial charge >= 0.3 is 0 Å². The van der Waals surface area contributed by atoms with Gasteiger partial charge in [-0.1, -0.05) is 59.6 Å². The van der Waals surface area contributed by atoms with Gasteiger partial charge in [-0.15, -0.1) is 0 Å². The van der Waals surface area contributed by atoms with Gasteiger partial charge in [-0.25, -0.2) is 9.50 Å². The average molecular weight is 502 g/mol. The minimum atomic E-state index is -0.691. The van der Waals surface area contributed by atoms with Crippen LogP contribution < -0.4 is 5.32 Å². The first-order valence-electron chi connectivity index (χ1n) is 11.0.